The molecule has 1 saturated heterocycles. The Hall–Kier alpha value is -0.920. The van der Waals surface area contributed by atoms with Crippen LogP contribution in [0, 0.1) is 5.92 Å². The highest BCUT2D eigenvalue weighted by atomic mass is 79.9. The van der Waals surface area contributed by atoms with Crippen LogP contribution in [-0.2, 0) is 11.3 Å². The number of halogens is 1. The third-order valence-electron chi connectivity index (χ3n) is 4.19. The number of nitrogens with zero attached hydrogens (tertiary/aromatic N) is 2. The van der Waals surface area contributed by atoms with Crippen LogP contribution >= 0.6 is 15.9 Å². The zero-order chi connectivity index (χ0) is 14.3. The van der Waals surface area contributed by atoms with Crippen molar-refractivity contribution < 1.29 is 4.74 Å². The Labute approximate surface area is 125 Å². The molecular formula is C13H19BrN4O2. The molecule has 4 unspecified atom stereocenters. The summed E-state index contributed by atoms with van der Waals surface area (Å²) in [4.78, 5) is 12.1. The molecule has 0 radical (unpaired) electrons. The standard InChI is InChI=1S/C13H19BrN4O2/c1-2-4-18-13(19)9(14)8(6-16-18)17-11-10(15)7-3-5-20-12(7)11/h6-7,10-12,17H,2-5,15H2,1H3. The van der Waals surface area contributed by atoms with Crippen molar-refractivity contribution in [2.45, 2.75) is 44.5 Å². The number of fused-ring (bicyclic) bond motifs is 1. The molecule has 1 aromatic heterocycles. The number of anilines is 1. The van der Waals surface area contributed by atoms with E-state index in [0.29, 0.717) is 22.6 Å². The average Bonchev–Trinajstić information content (AvgIpc) is 2.88. The summed E-state index contributed by atoms with van der Waals surface area (Å²) in [5, 5.41) is 7.49. The lowest BCUT2D eigenvalue weighted by atomic mass is 9.72. The second-order valence-corrected chi connectivity index (χ2v) is 6.23. The number of hydrogen-bond donors (Lipinski definition) is 2. The largest absolute Gasteiger partial charge is 0.376 e. The van der Waals surface area contributed by atoms with E-state index >= 15 is 0 Å². The highest BCUT2D eigenvalue weighted by Crippen LogP contribution is 2.39. The molecule has 1 aromatic rings. The molecule has 0 aromatic carbocycles. The fraction of sp³-hybridized carbons (Fsp3) is 0.692. The number of nitrogens with one attached hydrogen (secondary N) is 1. The molecule has 4 atom stereocenters. The monoisotopic (exact) mass is 342 g/mol. The maximum Gasteiger partial charge on any atom is 0.283 e. The molecule has 2 heterocycles. The summed E-state index contributed by atoms with van der Waals surface area (Å²) in [5.74, 6) is 0.444. The fourth-order valence-electron chi connectivity index (χ4n) is 3.04. The summed E-state index contributed by atoms with van der Waals surface area (Å²) >= 11 is 3.36. The Balaban J connectivity index is 1.78. The van der Waals surface area contributed by atoms with E-state index < -0.39 is 0 Å². The van der Waals surface area contributed by atoms with Gasteiger partial charge in [-0.2, -0.15) is 5.10 Å². The van der Waals surface area contributed by atoms with Gasteiger partial charge in [-0.15, -0.1) is 0 Å². The first-order valence-electron chi connectivity index (χ1n) is 7.02. The minimum atomic E-state index is -0.117. The van der Waals surface area contributed by atoms with Gasteiger partial charge in [-0.25, -0.2) is 4.68 Å². The lowest BCUT2D eigenvalue weighted by molar-refractivity contribution is 0.00533. The first-order valence-corrected chi connectivity index (χ1v) is 7.82. The molecule has 1 saturated carbocycles. The van der Waals surface area contributed by atoms with Crippen LogP contribution in [0.5, 0.6) is 0 Å². The van der Waals surface area contributed by atoms with Crippen molar-refractivity contribution in [3.05, 3.63) is 21.0 Å². The molecule has 2 aliphatic rings. The summed E-state index contributed by atoms with van der Waals surface area (Å²) in [7, 11) is 0. The van der Waals surface area contributed by atoms with Crippen molar-refractivity contribution in [1.82, 2.24) is 9.78 Å². The van der Waals surface area contributed by atoms with E-state index in [9.17, 15) is 4.79 Å². The number of ether oxygens (including phenoxy) is 1. The van der Waals surface area contributed by atoms with Crippen LogP contribution < -0.4 is 16.6 Å². The molecular weight excluding hydrogens is 324 g/mol. The third kappa shape index (κ3) is 2.17. The zero-order valence-electron chi connectivity index (χ0n) is 11.4. The van der Waals surface area contributed by atoms with Gasteiger partial charge in [-0.1, -0.05) is 6.92 Å². The summed E-state index contributed by atoms with van der Waals surface area (Å²) in [6, 6.07) is 0.134. The molecule has 1 aliphatic carbocycles. The van der Waals surface area contributed by atoms with Gasteiger partial charge in [0.05, 0.1) is 24.0 Å². The summed E-state index contributed by atoms with van der Waals surface area (Å²) in [5.41, 5.74) is 6.73. The van der Waals surface area contributed by atoms with Crippen molar-refractivity contribution in [3.8, 4) is 0 Å². The van der Waals surface area contributed by atoms with E-state index in [1.807, 2.05) is 6.92 Å². The zero-order valence-corrected chi connectivity index (χ0v) is 13.0. The third-order valence-corrected chi connectivity index (χ3v) is 4.96. The van der Waals surface area contributed by atoms with Crippen LogP contribution in [0.2, 0.25) is 0 Å². The molecule has 110 valence electrons. The van der Waals surface area contributed by atoms with Crippen LogP contribution in [0.3, 0.4) is 0 Å². The molecule has 1 aliphatic heterocycles. The Morgan fingerprint density at radius 2 is 2.45 bits per heavy atom. The van der Waals surface area contributed by atoms with Crippen molar-refractivity contribution in [2.24, 2.45) is 11.7 Å². The molecule has 6 nitrogen and oxygen atoms in total. The molecule has 7 heteroatoms. The van der Waals surface area contributed by atoms with Gasteiger partial charge < -0.3 is 15.8 Å². The normalized spacial score (nSPS) is 31.8. The van der Waals surface area contributed by atoms with Crippen molar-refractivity contribution >= 4 is 21.6 Å². The minimum absolute atomic E-state index is 0.0574. The topological polar surface area (TPSA) is 82.2 Å². The van der Waals surface area contributed by atoms with Crippen LogP contribution in [-0.4, -0.2) is 34.6 Å². The van der Waals surface area contributed by atoms with Gasteiger partial charge >= 0.3 is 0 Å². The van der Waals surface area contributed by atoms with E-state index in [1.54, 1.807) is 6.20 Å². The van der Waals surface area contributed by atoms with E-state index in [0.717, 1.165) is 19.4 Å². The second kappa shape index (κ2) is 5.46. The maximum atomic E-state index is 12.1. The van der Waals surface area contributed by atoms with Gasteiger partial charge in [-0.05, 0) is 28.8 Å². The SMILES string of the molecule is CCCn1ncc(NC2C(N)C3CCOC32)c(Br)c1=O. The molecule has 2 fully saturated rings. The Kier molecular flexibility index (Phi) is 3.83. The number of hydrogen-bond acceptors (Lipinski definition) is 5. The van der Waals surface area contributed by atoms with Gasteiger partial charge in [-0.3, -0.25) is 4.79 Å². The van der Waals surface area contributed by atoms with Gasteiger partial charge in [0.25, 0.3) is 5.56 Å². The molecule has 0 spiro atoms. The molecule has 20 heavy (non-hydrogen) atoms. The first-order chi connectivity index (χ1) is 9.63. The van der Waals surface area contributed by atoms with Gasteiger partial charge in [0.15, 0.2) is 0 Å². The second-order valence-electron chi connectivity index (χ2n) is 5.44. The molecule has 0 amide bonds. The number of rotatable bonds is 4. The molecule has 0 bridgehead atoms. The van der Waals surface area contributed by atoms with E-state index in [1.165, 1.54) is 4.68 Å². The highest BCUT2D eigenvalue weighted by molar-refractivity contribution is 9.10. The Morgan fingerprint density at radius 1 is 1.65 bits per heavy atom. The lowest BCUT2D eigenvalue weighted by Gasteiger charge is -2.46. The summed E-state index contributed by atoms with van der Waals surface area (Å²) in [6.07, 6.45) is 3.74. The van der Waals surface area contributed by atoms with Crippen molar-refractivity contribution in [2.75, 3.05) is 11.9 Å². The van der Waals surface area contributed by atoms with E-state index in [-0.39, 0.29) is 23.7 Å². The fourth-order valence-corrected chi connectivity index (χ4v) is 3.47. The Morgan fingerprint density at radius 3 is 3.20 bits per heavy atom. The number of aryl methyl sites for hydroxylation is 1. The summed E-state index contributed by atoms with van der Waals surface area (Å²) < 4.78 is 7.65. The van der Waals surface area contributed by atoms with Crippen molar-refractivity contribution in [1.29, 1.82) is 0 Å². The highest BCUT2D eigenvalue weighted by Gasteiger charge is 2.52. The quantitative estimate of drug-likeness (QED) is 0.850. The first kappa shape index (κ1) is 14.0. The summed E-state index contributed by atoms with van der Waals surface area (Å²) in [6.45, 7) is 3.41. The number of aromatic nitrogens is 2. The van der Waals surface area contributed by atoms with E-state index in [2.05, 4.69) is 26.3 Å². The predicted molar refractivity (Wildman–Crippen MR) is 79.7 cm³/mol. The van der Waals surface area contributed by atoms with Gasteiger partial charge in [0.2, 0.25) is 0 Å². The molecule has 3 N–H and O–H groups in total. The lowest BCUT2D eigenvalue weighted by Crippen LogP contribution is -2.65. The van der Waals surface area contributed by atoms with Gasteiger partial charge in [0.1, 0.15) is 4.47 Å². The van der Waals surface area contributed by atoms with Gasteiger partial charge in [0, 0.05) is 25.1 Å². The number of nitrogens with two attached hydrogens (primary N) is 1. The smallest absolute Gasteiger partial charge is 0.283 e. The minimum Gasteiger partial charge on any atom is -0.376 e. The average molecular weight is 343 g/mol. The maximum absolute atomic E-state index is 12.1. The Bertz CT molecular complexity index is 562. The predicted octanol–water partition coefficient (Wildman–Crippen LogP) is 0.942. The molecule has 3 rings (SSSR count). The van der Waals surface area contributed by atoms with Crippen LogP contribution in [0.4, 0.5) is 5.69 Å². The van der Waals surface area contributed by atoms with Crippen LogP contribution in [0.1, 0.15) is 19.8 Å². The van der Waals surface area contributed by atoms with Crippen LogP contribution in [0.15, 0.2) is 15.5 Å². The van der Waals surface area contributed by atoms with Crippen LogP contribution in [0.25, 0.3) is 0 Å². The van der Waals surface area contributed by atoms with Crippen molar-refractivity contribution in [3.63, 3.8) is 0 Å². The van der Waals surface area contributed by atoms with E-state index in [4.69, 9.17) is 10.5 Å².